The quantitative estimate of drug-likeness (QED) is 0.787. The number of allylic oxidation sites excluding steroid dienone is 5. The van der Waals surface area contributed by atoms with Crippen molar-refractivity contribution in [3.8, 4) is 6.07 Å². The Morgan fingerprint density at radius 3 is 2.84 bits per heavy atom. The molecule has 0 spiro atoms. The number of ketones is 1. The van der Waals surface area contributed by atoms with Gasteiger partial charge in [-0.1, -0.05) is 30.7 Å². The third-order valence-electron chi connectivity index (χ3n) is 7.33. The maximum Gasteiger partial charge on any atom is 0.174 e. The summed E-state index contributed by atoms with van der Waals surface area (Å²) >= 11 is 6.32. The molecule has 4 atom stereocenters. The van der Waals surface area contributed by atoms with E-state index in [4.69, 9.17) is 11.6 Å². The van der Waals surface area contributed by atoms with Crippen LogP contribution in [-0.2, 0) is 4.79 Å². The van der Waals surface area contributed by atoms with Crippen molar-refractivity contribution >= 4 is 17.4 Å². The smallest absolute Gasteiger partial charge is 0.174 e. The van der Waals surface area contributed by atoms with Gasteiger partial charge in [-0.05, 0) is 67.1 Å². The first-order chi connectivity index (χ1) is 12.0. The minimum Gasteiger partial charge on any atom is -0.388 e. The van der Waals surface area contributed by atoms with E-state index in [1.54, 1.807) is 0 Å². The molecule has 0 aliphatic heterocycles. The van der Waals surface area contributed by atoms with Gasteiger partial charge < -0.3 is 5.11 Å². The molecular formula is C21H24ClNO2. The lowest BCUT2D eigenvalue weighted by atomic mass is 9.56. The number of halogens is 1. The molecule has 1 N–H and O–H groups in total. The van der Waals surface area contributed by atoms with E-state index in [0.29, 0.717) is 29.7 Å². The Hall–Kier alpha value is -1.37. The Morgan fingerprint density at radius 1 is 1.32 bits per heavy atom. The minimum absolute atomic E-state index is 0.0754. The Labute approximate surface area is 154 Å². The van der Waals surface area contributed by atoms with E-state index in [-0.39, 0.29) is 17.6 Å². The SMILES string of the molecule is CC[C@]12C=CC3=C4CCC(=O)C(Cl)=C4CC[C@H]3[C@@H]1CC[C@@]2(O)CC#N. The van der Waals surface area contributed by atoms with E-state index in [1.165, 1.54) is 11.1 Å². The van der Waals surface area contributed by atoms with E-state index >= 15 is 0 Å². The molecule has 0 bridgehead atoms. The maximum atomic E-state index is 12.0. The number of aliphatic hydroxyl groups is 1. The number of rotatable bonds is 2. The molecule has 0 aromatic carbocycles. The monoisotopic (exact) mass is 357 g/mol. The van der Waals surface area contributed by atoms with Gasteiger partial charge in [0.2, 0.25) is 0 Å². The summed E-state index contributed by atoms with van der Waals surface area (Å²) in [6.07, 6.45) is 10.2. The van der Waals surface area contributed by atoms with Crippen LogP contribution in [0.15, 0.2) is 33.9 Å². The van der Waals surface area contributed by atoms with Crippen LogP contribution in [0.1, 0.15) is 58.3 Å². The number of fused-ring (bicyclic) bond motifs is 4. The zero-order valence-corrected chi connectivity index (χ0v) is 15.4. The lowest BCUT2D eigenvalue weighted by molar-refractivity contribution is -0.115. The molecular weight excluding hydrogens is 334 g/mol. The second-order valence-corrected chi connectivity index (χ2v) is 8.41. The molecule has 1 saturated carbocycles. The van der Waals surface area contributed by atoms with Crippen LogP contribution < -0.4 is 0 Å². The van der Waals surface area contributed by atoms with Crippen LogP contribution in [0.4, 0.5) is 0 Å². The minimum atomic E-state index is -0.913. The van der Waals surface area contributed by atoms with Crippen molar-refractivity contribution in [1.82, 2.24) is 0 Å². The second kappa shape index (κ2) is 5.83. The second-order valence-electron chi connectivity index (χ2n) is 8.03. The highest BCUT2D eigenvalue weighted by atomic mass is 35.5. The topological polar surface area (TPSA) is 61.1 Å². The van der Waals surface area contributed by atoms with Crippen molar-refractivity contribution in [3.05, 3.63) is 33.9 Å². The predicted octanol–water partition coefficient (Wildman–Crippen LogP) is 4.57. The molecule has 0 heterocycles. The molecule has 0 aromatic rings. The van der Waals surface area contributed by atoms with Crippen molar-refractivity contribution in [2.75, 3.05) is 0 Å². The van der Waals surface area contributed by atoms with E-state index in [1.807, 2.05) is 0 Å². The van der Waals surface area contributed by atoms with Gasteiger partial charge in [0.1, 0.15) is 0 Å². The molecule has 0 radical (unpaired) electrons. The van der Waals surface area contributed by atoms with E-state index in [9.17, 15) is 15.2 Å². The standard InChI is InChI=1S/C21H24ClNO2/c1-2-20-9-7-14-13-5-6-18(24)19(22)16(13)4-3-15(14)17(20)8-10-21(20,25)11-12-23/h7,9,15,17,25H,2-6,8,10-11H2,1H3/t15-,17+,20+,21-/m1/s1. The Kier molecular flexibility index (Phi) is 3.98. The van der Waals surface area contributed by atoms with Gasteiger partial charge in [-0.25, -0.2) is 0 Å². The summed E-state index contributed by atoms with van der Waals surface area (Å²) in [6.45, 7) is 2.13. The van der Waals surface area contributed by atoms with Gasteiger partial charge in [-0.15, -0.1) is 0 Å². The zero-order chi connectivity index (χ0) is 17.8. The van der Waals surface area contributed by atoms with Crippen molar-refractivity contribution < 1.29 is 9.90 Å². The number of hydrogen-bond acceptors (Lipinski definition) is 3. The molecule has 4 heteroatoms. The van der Waals surface area contributed by atoms with Crippen molar-refractivity contribution in [3.63, 3.8) is 0 Å². The van der Waals surface area contributed by atoms with Crippen LogP contribution in [-0.4, -0.2) is 16.5 Å². The number of hydrogen-bond donors (Lipinski definition) is 1. The summed E-state index contributed by atoms with van der Waals surface area (Å²) in [5.74, 6) is 0.863. The Balaban J connectivity index is 1.84. The molecule has 4 aliphatic rings. The lowest BCUT2D eigenvalue weighted by Crippen LogP contribution is -2.49. The zero-order valence-electron chi connectivity index (χ0n) is 14.6. The normalized spacial score (nSPS) is 39.8. The Bertz CT molecular complexity index is 771. The fraction of sp³-hybridized carbons (Fsp3) is 0.619. The summed E-state index contributed by atoms with van der Waals surface area (Å²) in [7, 11) is 0. The van der Waals surface area contributed by atoms with Crippen molar-refractivity contribution in [2.24, 2.45) is 17.3 Å². The van der Waals surface area contributed by atoms with Gasteiger partial charge in [0.25, 0.3) is 0 Å². The molecule has 25 heavy (non-hydrogen) atoms. The van der Waals surface area contributed by atoms with Gasteiger partial charge in [0.05, 0.1) is 23.1 Å². The molecule has 132 valence electrons. The van der Waals surface area contributed by atoms with Crippen LogP contribution in [0.3, 0.4) is 0 Å². The highest BCUT2D eigenvalue weighted by Gasteiger charge is 2.60. The summed E-state index contributed by atoms with van der Waals surface area (Å²) in [5, 5.41) is 21.0. The first-order valence-corrected chi connectivity index (χ1v) is 9.79. The lowest BCUT2D eigenvalue weighted by Gasteiger charge is -2.49. The van der Waals surface area contributed by atoms with Crippen LogP contribution in [0.5, 0.6) is 0 Å². The molecule has 1 fully saturated rings. The highest BCUT2D eigenvalue weighted by molar-refractivity contribution is 6.43. The third-order valence-corrected chi connectivity index (χ3v) is 7.77. The van der Waals surface area contributed by atoms with Gasteiger partial charge in [-0.3, -0.25) is 4.79 Å². The predicted molar refractivity (Wildman–Crippen MR) is 96.6 cm³/mol. The van der Waals surface area contributed by atoms with E-state index in [2.05, 4.69) is 25.1 Å². The van der Waals surface area contributed by atoms with Gasteiger partial charge >= 0.3 is 0 Å². The highest BCUT2D eigenvalue weighted by Crippen LogP contribution is 2.63. The summed E-state index contributed by atoms with van der Waals surface area (Å²) < 4.78 is 0. The van der Waals surface area contributed by atoms with Crippen molar-refractivity contribution in [1.29, 1.82) is 5.26 Å². The third kappa shape index (κ3) is 2.17. The molecule has 0 unspecified atom stereocenters. The molecule has 4 aliphatic carbocycles. The summed E-state index contributed by atoms with van der Waals surface area (Å²) in [6, 6.07) is 2.21. The van der Waals surface area contributed by atoms with Crippen molar-refractivity contribution in [2.45, 2.75) is 63.9 Å². The number of nitriles is 1. The van der Waals surface area contributed by atoms with Crippen LogP contribution in [0.25, 0.3) is 0 Å². The van der Waals surface area contributed by atoms with Crippen LogP contribution >= 0.6 is 11.6 Å². The number of Topliss-reactive ketones (excluding diaryl/α,β-unsaturated/α-hetero) is 1. The maximum absolute atomic E-state index is 12.0. The van der Waals surface area contributed by atoms with Crippen LogP contribution in [0.2, 0.25) is 0 Å². The van der Waals surface area contributed by atoms with Gasteiger partial charge in [0, 0.05) is 11.8 Å². The fourth-order valence-corrected chi connectivity index (χ4v) is 6.40. The largest absolute Gasteiger partial charge is 0.388 e. The summed E-state index contributed by atoms with van der Waals surface area (Å²) in [5.41, 5.74) is 2.46. The average Bonchev–Trinajstić information content (AvgIpc) is 2.91. The summed E-state index contributed by atoms with van der Waals surface area (Å²) in [4.78, 5) is 12.0. The Morgan fingerprint density at radius 2 is 2.12 bits per heavy atom. The first-order valence-electron chi connectivity index (χ1n) is 9.41. The van der Waals surface area contributed by atoms with Crippen LogP contribution in [0, 0.1) is 28.6 Å². The molecule has 4 rings (SSSR count). The number of carbonyl (C=O) groups excluding carboxylic acids is 1. The average molecular weight is 358 g/mol. The molecule has 0 aromatic heterocycles. The van der Waals surface area contributed by atoms with Gasteiger partial charge in [0.15, 0.2) is 5.78 Å². The molecule has 0 amide bonds. The fourth-order valence-electron chi connectivity index (χ4n) is 6.10. The molecule has 0 saturated heterocycles. The first kappa shape index (κ1) is 17.1. The van der Waals surface area contributed by atoms with E-state index < -0.39 is 5.60 Å². The van der Waals surface area contributed by atoms with E-state index in [0.717, 1.165) is 37.7 Å². The number of carbonyl (C=O) groups is 1. The number of nitrogens with zero attached hydrogens (tertiary/aromatic N) is 1. The van der Waals surface area contributed by atoms with Gasteiger partial charge in [-0.2, -0.15) is 5.26 Å². The molecule has 3 nitrogen and oxygen atoms in total.